The van der Waals surface area contributed by atoms with Gasteiger partial charge < -0.3 is 5.11 Å². The zero-order chi connectivity index (χ0) is 10.8. The monoisotopic (exact) mass is 193 g/mol. The second kappa shape index (κ2) is 3.67. The van der Waals surface area contributed by atoms with Crippen LogP contribution in [0, 0.1) is 17.1 Å². The predicted molar refractivity (Wildman–Crippen MR) is 51.3 cm³/mol. The van der Waals surface area contributed by atoms with Crippen LogP contribution in [-0.4, -0.2) is 5.11 Å². The Morgan fingerprint density at radius 2 is 2.21 bits per heavy atom. The molecule has 74 valence electrons. The highest BCUT2D eigenvalue weighted by atomic mass is 19.1. The molecule has 0 bridgehead atoms. The van der Waals surface area contributed by atoms with Crippen LogP contribution in [0.3, 0.4) is 0 Å². The Morgan fingerprint density at radius 3 is 2.71 bits per heavy atom. The molecule has 1 atom stereocenters. The van der Waals surface area contributed by atoms with Gasteiger partial charge in [0.15, 0.2) is 0 Å². The molecule has 1 aromatic carbocycles. The largest absolute Gasteiger partial charge is 0.508 e. The molecular formula is C11H12FNO. The number of phenols is 1. The molecule has 0 spiro atoms. The van der Waals surface area contributed by atoms with E-state index in [2.05, 4.69) is 6.07 Å². The van der Waals surface area contributed by atoms with Gasteiger partial charge in [-0.1, -0.05) is 6.92 Å². The fourth-order valence-corrected chi connectivity index (χ4v) is 1.28. The predicted octanol–water partition coefficient (Wildman–Crippen LogP) is 2.72. The van der Waals surface area contributed by atoms with E-state index < -0.39 is 11.2 Å². The van der Waals surface area contributed by atoms with E-state index in [-0.39, 0.29) is 5.75 Å². The van der Waals surface area contributed by atoms with Gasteiger partial charge >= 0.3 is 0 Å². The molecule has 14 heavy (non-hydrogen) atoms. The second-order valence-corrected chi connectivity index (χ2v) is 3.46. The van der Waals surface area contributed by atoms with Crippen molar-refractivity contribution in [2.75, 3.05) is 0 Å². The van der Waals surface area contributed by atoms with Gasteiger partial charge in [-0.15, -0.1) is 0 Å². The van der Waals surface area contributed by atoms with Gasteiger partial charge in [0.25, 0.3) is 0 Å². The van der Waals surface area contributed by atoms with Crippen molar-refractivity contribution in [3.63, 3.8) is 0 Å². The van der Waals surface area contributed by atoms with E-state index in [9.17, 15) is 9.50 Å². The molecule has 2 nitrogen and oxygen atoms in total. The summed E-state index contributed by atoms with van der Waals surface area (Å²) in [5, 5.41) is 18.5. The molecule has 0 aliphatic rings. The maximum atomic E-state index is 12.9. The van der Waals surface area contributed by atoms with Gasteiger partial charge in [0.1, 0.15) is 11.6 Å². The van der Waals surface area contributed by atoms with Crippen LogP contribution in [0.5, 0.6) is 5.75 Å². The third-order valence-electron chi connectivity index (χ3n) is 2.51. The van der Waals surface area contributed by atoms with Gasteiger partial charge in [-0.05, 0) is 31.5 Å². The maximum Gasteiger partial charge on any atom is 0.123 e. The van der Waals surface area contributed by atoms with Gasteiger partial charge in [-0.3, -0.25) is 0 Å². The molecule has 1 unspecified atom stereocenters. The van der Waals surface area contributed by atoms with Gasteiger partial charge in [0, 0.05) is 5.56 Å². The SMILES string of the molecule is CCC(C)(C#N)c1cc(F)ccc1O. The Morgan fingerprint density at radius 1 is 1.57 bits per heavy atom. The van der Waals surface area contributed by atoms with Crippen LogP contribution in [-0.2, 0) is 5.41 Å². The number of rotatable bonds is 2. The lowest BCUT2D eigenvalue weighted by Crippen LogP contribution is -2.18. The summed E-state index contributed by atoms with van der Waals surface area (Å²) in [7, 11) is 0. The van der Waals surface area contributed by atoms with Crippen molar-refractivity contribution in [2.45, 2.75) is 25.7 Å². The highest BCUT2D eigenvalue weighted by molar-refractivity contribution is 5.42. The van der Waals surface area contributed by atoms with E-state index in [4.69, 9.17) is 5.26 Å². The molecule has 0 aromatic heterocycles. The van der Waals surface area contributed by atoms with Crippen LogP contribution in [0.15, 0.2) is 18.2 Å². The minimum atomic E-state index is -0.827. The average Bonchev–Trinajstić information content (AvgIpc) is 2.20. The minimum absolute atomic E-state index is 0.0303. The van der Waals surface area contributed by atoms with E-state index in [1.807, 2.05) is 6.92 Å². The first kappa shape index (κ1) is 10.5. The van der Waals surface area contributed by atoms with E-state index in [0.29, 0.717) is 12.0 Å². The summed E-state index contributed by atoms with van der Waals surface area (Å²) in [6.45, 7) is 3.51. The Balaban J connectivity index is 3.31. The molecule has 0 amide bonds. The van der Waals surface area contributed by atoms with E-state index >= 15 is 0 Å². The molecular weight excluding hydrogens is 181 g/mol. The normalized spacial score (nSPS) is 14.4. The number of benzene rings is 1. The number of phenolic OH excluding ortho intramolecular Hbond substituents is 1. The molecule has 3 heteroatoms. The second-order valence-electron chi connectivity index (χ2n) is 3.46. The molecule has 0 heterocycles. The number of halogens is 1. The van der Waals surface area contributed by atoms with Crippen molar-refractivity contribution in [1.82, 2.24) is 0 Å². The first-order valence-corrected chi connectivity index (χ1v) is 4.43. The number of nitriles is 1. The minimum Gasteiger partial charge on any atom is -0.508 e. The first-order chi connectivity index (χ1) is 6.53. The zero-order valence-electron chi connectivity index (χ0n) is 8.21. The third-order valence-corrected chi connectivity index (χ3v) is 2.51. The van der Waals surface area contributed by atoms with Crippen molar-refractivity contribution in [3.8, 4) is 11.8 Å². The fraction of sp³-hybridized carbons (Fsp3) is 0.364. The number of hydrogen-bond donors (Lipinski definition) is 1. The topological polar surface area (TPSA) is 44.0 Å². The Labute approximate surface area is 82.6 Å². The number of hydrogen-bond acceptors (Lipinski definition) is 2. The summed E-state index contributed by atoms with van der Waals surface area (Å²) in [5.41, 5.74) is -0.478. The zero-order valence-corrected chi connectivity index (χ0v) is 8.21. The molecule has 0 aliphatic heterocycles. The summed E-state index contributed by atoms with van der Waals surface area (Å²) in [6, 6.07) is 5.74. The molecule has 1 N–H and O–H groups in total. The van der Waals surface area contributed by atoms with Crippen LogP contribution in [0.25, 0.3) is 0 Å². The highest BCUT2D eigenvalue weighted by Crippen LogP contribution is 2.33. The number of nitrogens with zero attached hydrogens (tertiary/aromatic N) is 1. The highest BCUT2D eigenvalue weighted by Gasteiger charge is 2.27. The summed E-state index contributed by atoms with van der Waals surface area (Å²) in [6.07, 6.45) is 0.528. The van der Waals surface area contributed by atoms with Crippen LogP contribution in [0.1, 0.15) is 25.8 Å². The lowest BCUT2D eigenvalue weighted by molar-refractivity contribution is 0.444. The van der Waals surface area contributed by atoms with E-state index in [1.165, 1.54) is 18.2 Å². The van der Waals surface area contributed by atoms with Crippen molar-refractivity contribution in [2.24, 2.45) is 0 Å². The molecule has 1 aromatic rings. The first-order valence-electron chi connectivity index (χ1n) is 4.43. The van der Waals surface area contributed by atoms with Crippen molar-refractivity contribution < 1.29 is 9.50 Å². The lowest BCUT2D eigenvalue weighted by atomic mass is 9.81. The van der Waals surface area contributed by atoms with Gasteiger partial charge in [-0.2, -0.15) is 5.26 Å². The van der Waals surface area contributed by atoms with Gasteiger partial charge in [0.2, 0.25) is 0 Å². The molecule has 0 radical (unpaired) electrons. The molecule has 0 saturated carbocycles. The smallest absolute Gasteiger partial charge is 0.123 e. The molecule has 0 aliphatic carbocycles. The van der Waals surface area contributed by atoms with Crippen LogP contribution in [0.4, 0.5) is 4.39 Å². The van der Waals surface area contributed by atoms with Gasteiger partial charge in [0.05, 0.1) is 11.5 Å². The fourth-order valence-electron chi connectivity index (χ4n) is 1.28. The van der Waals surface area contributed by atoms with Crippen molar-refractivity contribution >= 4 is 0 Å². The summed E-state index contributed by atoms with van der Waals surface area (Å²) < 4.78 is 12.9. The van der Waals surface area contributed by atoms with Crippen LogP contribution < -0.4 is 0 Å². The van der Waals surface area contributed by atoms with Crippen molar-refractivity contribution in [1.29, 1.82) is 5.26 Å². The summed E-state index contributed by atoms with van der Waals surface area (Å²) in [4.78, 5) is 0. The molecule has 0 saturated heterocycles. The average molecular weight is 193 g/mol. The maximum absolute atomic E-state index is 12.9. The molecule has 1 rings (SSSR count). The Hall–Kier alpha value is -1.56. The van der Waals surface area contributed by atoms with Gasteiger partial charge in [-0.25, -0.2) is 4.39 Å². The summed E-state index contributed by atoms with van der Waals surface area (Å²) in [5.74, 6) is -0.468. The Bertz CT molecular complexity index is 383. The van der Waals surface area contributed by atoms with E-state index in [0.717, 1.165) is 0 Å². The van der Waals surface area contributed by atoms with Crippen molar-refractivity contribution in [3.05, 3.63) is 29.6 Å². The van der Waals surface area contributed by atoms with E-state index in [1.54, 1.807) is 6.92 Å². The standard InChI is InChI=1S/C11H12FNO/c1-3-11(2,7-13)9-6-8(12)4-5-10(9)14/h4-6,14H,3H2,1-2H3. The number of aromatic hydroxyl groups is 1. The van der Waals surface area contributed by atoms with Crippen LogP contribution in [0.2, 0.25) is 0 Å². The third kappa shape index (κ3) is 1.69. The Kier molecular flexibility index (Phi) is 2.76. The van der Waals surface area contributed by atoms with Crippen LogP contribution >= 0.6 is 0 Å². The quantitative estimate of drug-likeness (QED) is 0.784. The molecule has 0 fully saturated rings. The summed E-state index contributed by atoms with van der Waals surface area (Å²) >= 11 is 0. The lowest BCUT2D eigenvalue weighted by Gasteiger charge is -2.20.